The zero-order chi connectivity index (χ0) is 14.0. The lowest BCUT2D eigenvalue weighted by Gasteiger charge is -2.08. The normalized spacial score (nSPS) is 10.3. The summed E-state index contributed by atoms with van der Waals surface area (Å²) in [4.78, 5) is 15.8. The van der Waals surface area contributed by atoms with Crippen molar-refractivity contribution in [3.8, 4) is 0 Å². The number of aromatic amines is 1. The summed E-state index contributed by atoms with van der Waals surface area (Å²) >= 11 is 5.82. The van der Waals surface area contributed by atoms with Crippen LogP contribution in [0, 0.1) is 20.8 Å². The Balaban J connectivity index is 2.07. The van der Waals surface area contributed by atoms with Crippen LogP contribution in [0.4, 0.5) is 16.2 Å². The first-order valence-electron chi connectivity index (χ1n) is 5.69. The number of nitrogens with zero attached hydrogens (tertiary/aromatic N) is 2. The minimum absolute atomic E-state index is 0.351. The van der Waals surface area contributed by atoms with Gasteiger partial charge in [-0.05, 0) is 32.4 Å². The Bertz CT molecular complexity index is 603. The van der Waals surface area contributed by atoms with Crippen molar-refractivity contribution in [3.63, 3.8) is 0 Å². The van der Waals surface area contributed by atoms with E-state index in [1.165, 1.54) is 6.20 Å². The van der Waals surface area contributed by atoms with Crippen LogP contribution in [0.2, 0.25) is 5.15 Å². The molecule has 6 nitrogen and oxygen atoms in total. The first-order chi connectivity index (χ1) is 8.97. The first-order valence-corrected chi connectivity index (χ1v) is 6.07. The number of hydrogen-bond acceptors (Lipinski definition) is 3. The monoisotopic (exact) mass is 279 g/mol. The molecule has 2 heterocycles. The number of halogens is 1. The van der Waals surface area contributed by atoms with Crippen molar-refractivity contribution >= 4 is 29.0 Å². The van der Waals surface area contributed by atoms with Gasteiger partial charge in [-0.2, -0.15) is 5.10 Å². The minimum Gasteiger partial charge on any atom is -0.306 e. The maximum Gasteiger partial charge on any atom is 0.323 e. The number of rotatable bonds is 2. The van der Waals surface area contributed by atoms with Crippen molar-refractivity contribution in [1.82, 2.24) is 15.2 Å². The largest absolute Gasteiger partial charge is 0.323 e. The molecule has 2 rings (SSSR count). The number of aryl methyl sites for hydroxylation is 3. The molecule has 3 N–H and O–H groups in total. The number of aromatic nitrogens is 3. The smallest absolute Gasteiger partial charge is 0.306 e. The number of amides is 2. The summed E-state index contributed by atoms with van der Waals surface area (Å²) in [6.07, 6.45) is 1.50. The van der Waals surface area contributed by atoms with Gasteiger partial charge in [0.05, 0.1) is 29.0 Å². The Morgan fingerprint density at radius 1 is 1.32 bits per heavy atom. The molecule has 0 aliphatic carbocycles. The maximum absolute atomic E-state index is 11.9. The molecule has 0 spiro atoms. The zero-order valence-corrected chi connectivity index (χ0v) is 11.6. The molecule has 7 heteroatoms. The lowest BCUT2D eigenvalue weighted by atomic mass is 10.3. The number of carbonyl (C=O) groups excluding carboxylic acids is 1. The van der Waals surface area contributed by atoms with Crippen LogP contribution < -0.4 is 10.6 Å². The number of hydrogen-bond donors (Lipinski definition) is 3. The summed E-state index contributed by atoms with van der Waals surface area (Å²) in [5.41, 5.74) is 3.60. The van der Waals surface area contributed by atoms with Gasteiger partial charge >= 0.3 is 6.03 Å². The fourth-order valence-electron chi connectivity index (χ4n) is 1.64. The highest BCUT2D eigenvalue weighted by molar-refractivity contribution is 6.30. The van der Waals surface area contributed by atoms with Crippen molar-refractivity contribution < 1.29 is 4.79 Å². The topological polar surface area (TPSA) is 82.7 Å². The summed E-state index contributed by atoms with van der Waals surface area (Å²) in [7, 11) is 0. The molecule has 0 radical (unpaired) electrons. The first kappa shape index (κ1) is 13.4. The summed E-state index contributed by atoms with van der Waals surface area (Å²) in [6.45, 7) is 5.47. The third kappa shape index (κ3) is 3.03. The van der Waals surface area contributed by atoms with Crippen LogP contribution in [0.25, 0.3) is 0 Å². The van der Waals surface area contributed by atoms with Gasteiger partial charge in [0.25, 0.3) is 0 Å². The second-order valence-electron chi connectivity index (χ2n) is 4.22. The highest BCUT2D eigenvalue weighted by Crippen LogP contribution is 2.18. The fraction of sp³-hybridized carbons (Fsp3) is 0.250. The molecule has 0 aliphatic heterocycles. The van der Waals surface area contributed by atoms with E-state index >= 15 is 0 Å². The van der Waals surface area contributed by atoms with Gasteiger partial charge in [-0.3, -0.25) is 5.10 Å². The summed E-state index contributed by atoms with van der Waals surface area (Å²) in [6, 6.07) is 1.40. The van der Waals surface area contributed by atoms with Crippen molar-refractivity contribution in [1.29, 1.82) is 0 Å². The van der Waals surface area contributed by atoms with E-state index in [4.69, 9.17) is 11.6 Å². The predicted octanol–water partition coefficient (Wildman–Crippen LogP) is 3.03. The van der Waals surface area contributed by atoms with E-state index in [0.717, 1.165) is 17.0 Å². The molecule has 2 aromatic rings. The van der Waals surface area contributed by atoms with E-state index < -0.39 is 0 Å². The molecule has 19 heavy (non-hydrogen) atoms. The van der Waals surface area contributed by atoms with Crippen molar-refractivity contribution in [3.05, 3.63) is 34.4 Å². The third-order valence-corrected chi connectivity index (χ3v) is 3.03. The van der Waals surface area contributed by atoms with Crippen LogP contribution in [0.5, 0.6) is 0 Å². The van der Waals surface area contributed by atoms with Crippen LogP contribution in [0.1, 0.15) is 17.0 Å². The van der Waals surface area contributed by atoms with Gasteiger partial charge in [-0.1, -0.05) is 11.6 Å². The predicted molar refractivity (Wildman–Crippen MR) is 74.7 cm³/mol. The minimum atomic E-state index is -0.351. The SMILES string of the molecule is Cc1cc(NC(=O)Nc2c(C)n[nH]c2C)cnc1Cl. The Morgan fingerprint density at radius 3 is 2.63 bits per heavy atom. The molecule has 0 unspecified atom stereocenters. The standard InChI is InChI=1S/C12H14ClN5O/c1-6-4-9(5-14-11(6)13)15-12(19)16-10-7(2)17-18-8(10)3/h4-5H,1-3H3,(H,17,18)(H2,15,16,19). The van der Waals surface area contributed by atoms with E-state index in [1.807, 2.05) is 20.8 Å². The van der Waals surface area contributed by atoms with Gasteiger partial charge in [-0.25, -0.2) is 9.78 Å². The van der Waals surface area contributed by atoms with Crippen LogP contribution in [-0.4, -0.2) is 21.2 Å². The summed E-state index contributed by atoms with van der Waals surface area (Å²) in [5.74, 6) is 0. The highest BCUT2D eigenvalue weighted by Gasteiger charge is 2.10. The molecular formula is C12H14ClN5O. The Kier molecular flexibility index (Phi) is 3.71. The van der Waals surface area contributed by atoms with Gasteiger partial charge in [0.15, 0.2) is 0 Å². The van der Waals surface area contributed by atoms with E-state index in [9.17, 15) is 4.79 Å². The fourth-order valence-corrected chi connectivity index (χ4v) is 1.74. The van der Waals surface area contributed by atoms with Gasteiger partial charge in [0, 0.05) is 0 Å². The van der Waals surface area contributed by atoms with Gasteiger partial charge in [-0.15, -0.1) is 0 Å². The number of pyridine rings is 1. The van der Waals surface area contributed by atoms with Crippen LogP contribution in [0.15, 0.2) is 12.3 Å². The Labute approximate surface area is 115 Å². The van der Waals surface area contributed by atoms with Crippen LogP contribution >= 0.6 is 11.6 Å². The maximum atomic E-state index is 11.9. The molecule has 0 fully saturated rings. The van der Waals surface area contributed by atoms with E-state index in [0.29, 0.717) is 16.5 Å². The second-order valence-corrected chi connectivity index (χ2v) is 4.58. The average Bonchev–Trinajstić information content (AvgIpc) is 2.66. The van der Waals surface area contributed by atoms with Gasteiger partial charge in [0.1, 0.15) is 5.15 Å². The number of H-pyrrole nitrogens is 1. The van der Waals surface area contributed by atoms with E-state index in [-0.39, 0.29) is 6.03 Å². The average molecular weight is 280 g/mol. The van der Waals surface area contributed by atoms with Gasteiger partial charge in [0.2, 0.25) is 0 Å². The molecule has 100 valence electrons. The number of anilines is 2. The quantitative estimate of drug-likeness (QED) is 0.739. The Hall–Kier alpha value is -2.08. The zero-order valence-electron chi connectivity index (χ0n) is 10.8. The van der Waals surface area contributed by atoms with Gasteiger partial charge < -0.3 is 10.6 Å². The molecular weight excluding hydrogens is 266 g/mol. The summed E-state index contributed by atoms with van der Waals surface area (Å²) < 4.78 is 0. The number of urea groups is 1. The molecule has 0 aliphatic rings. The molecule has 2 amide bonds. The molecule has 0 atom stereocenters. The Morgan fingerprint density at radius 2 is 2.05 bits per heavy atom. The van der Waals surface area contributed by atoms with Crippen molar-refractivity contribution in [2.45, 2.75) is 20.8 Å². The van der Waals surface area contributed by atoms with Crippen molar-refractivity contribution in [2.24, 2.45) is 0 Å². The highest BCUT2D eigenvalue weighted by atomic mass is 35.5. The lowest BCUT2D eigenvalue weighted by Crippen LogP contribution is -2.20. The van der Waals surface area contributed by atoms with Crippen LogP contribution in [-0.2, 0) is 0 Å². The van der Waals surface area contributed by atoms with Crippen LogP contribution in [0.3, 0.4) is 0 Å². The van der Waals surface area contributed by atoms with E-state index in [2.05, 4.69) is 25.8 Å². The van der Waals surface area contributed by atoms with Crippen molar-refractivity contribution in [2.75, 3.05) is 10.6 Å². The molecule has 0 bridgehead atoms. The molecule has 0 saturated heterocycles. The molecule has 0 aromatic carbocycles. The molecule has 0 saturated carbocycles. The lowest BCUT2D eigenvalue weighted by molar-refractivity contribution is 0.262. The number of nitrogens with one attached hydrogen (secondary N) is 3. The third-order valence-electron chi connectivity index (χ3n) is 2.64. The molecule has 2 aromatic heterocycles. The second kappa shape index (κ2) is 5.27. The van der Waals surface area contributed by atoms with E-state index in [1.54, 1.807) is 6.07 Å². The summed E-state index contributed by atoms with van der Waals surface area (Å²) in [5, 5.41) is 12.7. The number of carbonyl (C=O) groups is 1.